The molecule has 1 aliphatic carbocycles. The number of nitrogens with one attached hydrogen (secondary N) is 2. The largest absolute Gasteiger partial charge is 0.357 e. The van der Waals surface area contributed by atoms with Gasteiger partial charge in [-0.3, -0.25) is 14.6 Å². The number of nitrogens with zero attached hydrogens (tertiary/aromatic N) is 3. The SMILES string of the molecule is CCNC(=NCCC(=O)N(CC)CC)NC1CCN(C(=O)C2CCCCC2)C1. The highest BCUT2D eigenvalue weighted by atomic mass is 16.2. The molecule has 160 valence electrons. The van der Waals surface area contributed by atoms with Crippen LogP contribution in [0.4, 0.5) is 0 Å². The molecule has 1 saturated heterocycles. The van der Waals surface area contributed by atoms with Gasteiger partial charge in [0.1, 0.15) is 0 Å². The van der Waals surface area contributed by atoms with Crippen LogP contribution in [0, 0.1) is 5.92 Å². The predicted octanol–water partition coefficient (Wildman–Crippen LogP) is 1.98. The smallest absolute Gasteiger partial charge is 0.225 e. The van der Waals surface area contributed by atoms with Crippen molar-refractivity contribution in [1.29, 1.82) is 0 Å². The predicted molar refractivity (Wildman–Crippen MR) is 113 cm³/mol. The zero-order valence-electron chi connectivity index (χ0n) is 18.0. The van der Waals surface area contributed by atoms with Crippen LogP contribution < -0.4 is 10.6 Å². The van der Waals surface area contributed by atoms with Crippen molar-refractivity contribution < 1.29 is 9.59 Å². The van der Waals surface area contributed by atoms with Gasteiger partial charge >= 0.3 is 0 Å². The first-order chi connectivity index (χ1) is 13.6. The number of aliphatic imine (C=N–C) groups is 1. The van der Waals surface area contributed by atoms with Gasteiger partial charge in [0.05, 0.1) is 6.54 Å². The molecule has 28 heavy (non-hydrogen) atoms. The lowest BCUT2D eigenvalue weighted by molar-refractivity contribution is -0.135. The second kappa shape index (κ2) is 11.9. The molecule has 1 unspecified atom stereocenters. The van der Waals surface area contributed by atoms with Crippen LogP contribution in [0.5, 0.6) is 0 Å². The van der Waals surface area contributed by atoms with Gasteiger partial charge in [-0.25, -0.2) is 0 Å². The maximum Gasteiger partial charge on any atom is 0.225 e. The van der Waals surface area contributed by atoms with Crippen molar-refractivity contribution in [1.82, 2.24) is 20.4 Å². The molecule has 1 atom stereocenters. The molecule has 0 spiro atoms. The van der Waals surface area contributed by atoms with E-state index in [0.29, 0.717) is 18.9 Å². The fourth-order valence-corrected chi connectivity index (χ4v) is 4.20. The van der Waals surface area contributed by atoms with Crippen LogP contribution in [0.15, 0.2) is 4.99 Å². The Labute approximate surface area is 170 Å². The van der Waals surface area contributed by atoms with Gasteiger partial charge in [-0.15, -0.1) is 0 Å². The van der Waals surface area contributed by atoms with Gasteiger partial charge in [0.25, 0.3) is 0 Å². The molecule has 2 amide bonds. The Bertz CT molecular complexity index is 527. The van der Waals surface area contributed by atoms with Crippen LogP contribution in [-0.4, -0.2) is 72.9 Å². The Kier molecular flexibility index (Phi) is 9.58. The number of guanidine groups is 1. The van der Waals surface area contributed by atoms with E-state index in [-0.39, 0.29) is 17.9 Å². The van der Waals surface area contributed by atoms with Crippen molar-refractivity contribution in [2.24, 2.45) is 10.9 Å². The van der Waals surface area contributed by atoms with Crippen molar-refractivity contribution in [3.05, 3.63) is 0 Å². The van der Waals surface area contributed by atoms with E-state index in [1.54, 1.807) is 0 Å². The number of carbonyl (C=O) groups is 2. The first-order valence-electron chi connectivity index (χ1n) is 11.2. The standard InChI is InChI=1S/C21H39N5O2/c1-4-22-21(23-14-12-19(27)25(5-2)6-3)24-18-13-15-26(16-18)20(28)17-10-8-7-9-11-17/h17-18H,4-16H2,1-3H3,(H2,22,23,24). The highest BCUT2D eigenvalue weighted by molar-refractivity contribution is 5.82. The van der Waals surface area contributed by atoms with Gasteiger partial charge in [0, 0.05) is 51.1 Å². The van der Waals surface area contributed by atoms with E-state index in [1.165, 1.54) is 19.3 Å². The Morgan fingerprint density at radius 2 is 1.79 bits per heavy atom. The maximum absolute atomic E-state index is 12.7. The van der Waals surface area contributed by atoms with Crippen LogP contribution in [-0.2, 0) is 9.59 Å². The van der Waals surface area contributed by atoms with Crippen LogP contribution in [0.3, 0.4) is 0 Å². The Morgan fingerprint density at radius 3 is 2.43 bits per heavy atom. The van der Waals surface area contributed by atoms with Crippen molar-refractivity contribution in [3.63, 3.8) is 0 Å². The van der Waals surface area contributed by atoms with Gasteiger partial charge in [0.15, 0.2) is 5.96 Å². The summed E-state index contributed by atoms with van der Waals surface area (Å²) in [6.07, 6.45) is 7.13. The van der Waals surface area contributed by atoms with Crippen LogP contribution in [0.2, 0.25) is 0 Å². The number of hydrogen-bond donors (Lipinski definition) is 2. The minimum Gasteiger partial charge on any atom is -0.357 e. The molecule has 0 bridgehead atoms. The third-order valence-electron chi connectivity index (χ3n) is 5.85. The fraction of sp³-hybridized carbons (Fsp3) is 0.857. The number of rotatable bonds is 8. The van der Waals surface area contributed by atoms with E-state index in [2.05, 4.69) is 15.6 Å². The van der Waals surface area contributed by atoms with Gasteiger partial charge in [-0.2, -0.15) is 0 Å². The average molecular weight is 394 g/mol. The highest BCUT2D eigenvalue weighted by Crippen LogP contribution is 2.26. The summed E-state index contributed by atoms with van der Waals surface area (Å²) >= 11 is 0. The molecule has 0 aromatic heterocycles. The molecule has 7 nitrogen and oxygen atoms in total. The summed E-state index contributed by atoms with van der Waals surface area (Å²) in [6, 6.07) is 0.226. The van der Waals surface area contributed by atoms with Crippen molar-refractivity contribution >= 4 is 17.8 Å². The molecule has 2 rings (SSSR count). The normalized spacial score (nSPS) is 20.9. The maximum atomic E-state index is 12.7. The summed E-state index contributed by atoms with van der Waals surface area (Å²) in [5, 5.41) is 6.71. The zero-order chi connectivity index (χ0) is 20.4. The molecule has 0 aromatic rings. The van der Waals surface area contributed by atoms with E-state index >= 15 is 0 Å². The molecule has 0 aromatic carbocycles. The topological polar surface area (TPSA) is 77.0 Å². The molecule has 7 heteroatoms. The Morgan fingerprint density at radius 1 is 1.07 bits per heavy atom. The molecular weight excluding hydrogens is 354 g/mol. The van der Waals surface area contributed by atoms with E-state index in [1.807, 2.05) is 30.6 Å². The van der Waals surface area contributed by atoms with E-state index < -0.39 is 0 Å². The third-order valence-corrected chi connectivity index (χ3v) is 5.85. The number of hydrogen-bond acceptors (Lipinski definition) is 3. The molecule has 2 aliphatic rings. The summed E-state index contributed by atoms with van der Waals surface area (Å²) < 4.78 is 0. The van der Waals surface area contributed by atoms with Crippen LogP contribution in [0.25, 0.3) is 0 Å². The summed E-state index contributed by atoms with van der Waals surface area (Å²) in [4.78, 5) is 33.3. The second-order valence-electron chi connectivity index (χ2n) is 7.83. The molecule has 1 saturated carbocycles. The number of amides is 2. The number of likely N-dealkylation sites (tertiary alicyclic amines) is 1. The first kappa shape index (κ1) is 22.5. The van der Waals surface area contributed by atoms with Crippen molar-refractivity contribution in [2.75, 3.05) is 39.3 Å². The fourth-order valence-electron chi connectivity index (χ4n) is 4.20. The third kappa shape index (κ3) is 6.67. The minimum atomic E-state index is 0.148. The van der Waals surface area contributed by atoms with Crippen LogP contribution in [0.1, 0.15) is 65.7 Å². The van der Waals surface area contributed by atoms with E-state index in [4.69, 9.17) is 0 Å². The molecule has 0 radical (unpaired) electrons. The monoisotopic (exact) mass is 393 g/mol. The molecule has 2 N–H and O–H groups in total. The lowest BCUT2D eigenvalue weighted by Gasteiger charge is -2.26. The first-order valence-corrected chi connectivity index (χ1v) is 11.2. The summed E-state index contributed by atoms with van der Waals surface area (Å²) in [5.74, 6) is 1.47. The van der Waals surface area contributed by atoms with Gasteiger partial charge < -0.3 is 20.4 Å². The average Bonchev–Trinajstić information content (AvgIpc) is 3.17. The lowest BCUT2D eigenvalue weighted by Crippen LogP contribution is -2.45. The van der Waals surface area contributed by atoms with Crippen molar-refractivity contribution in [3.8, 4) is 0 Å². The molecule has 1 aliphatic heterocycles. The highest BCUT2D eigenvalue weighted by Gasteiger charge is 2.31. The summed E-state index contributed by atoms with van der Waals surface area (Å²) in [6.45, 7) is 10.3. The summed E-state index contributed by atoms with van der Waals surface area (Å²) in [5.41, 5.74) is 0. The Balaban J connectivity index is 1.81. The summed E-state index contributed by atoms with van der Waals surface area (Å²) in [7, 11) is 0. The zero-order valence-corrected chi connectivity index (χ0v) is 18.0. The quantitative estimate of drug-likeness (QED) is 0.488. The second-order valence-corrected chi connectivity index (χ2v) is 7.83. The number of carbonyl (C=O) groups excluding carboxylic acids is 2. The van der Waals surface area contributed by atoms with E-state index in [9.17, 15) is 9.59 Å². The minimum absolute atomic E-state index is 0.148. The van der Waals surface area contributed by atoms with E-state index in [0.717, 1.165) is 57.9 Å². The molecular formula is C21H39N5O2. The van der Waals surface area contributed by atoms with Crippen molar-refractivity contribution in [2.45, 2.75) is 71.8 Å². The van der Waals surface area contributed by atoms with Crippen LogP contribution >= 0.6 is 0 Å². The molecule has 1 heterocycles. The van der Waals surface area contributed by atoms with Gasteiger partial charge in [-0.05, 0) is 40.0 Å². The Hall–Kier alpha value is -1.79. The van der Waals surface area contributed by atoms with Gasteiger partial charge in [-0.1, -0.05) is 19.3 Å². The van der Waals surface area contributed by atoms with Gasteiger partial charge in [0.2, 0.25) is 11.8 Å². The molecule has 2 fully saturated rings. The lowest BCUT2D eigenvalue weighted by atomic mass is 9.88.